The Kier molecular flexibility index (Phi) is 4.45. The van der Waals surface area contributed by atoms with Gasteiger partial charge < -0.3 is 9.80 Å². The lowest BCUT2D eigenvalue weighted by Crippen LogP contribution is -2.26. The van der Waals surface area contributed by atoms with Crippen molar-refractivity contribution < 1.29 is 4.79 Å². The Bertz CT molecular complexity index is 788. The second kappa shape index (κ2) is 6.40. The van der Waals surface area contributed by atoms with Crippen LogP contribution >= 0.6 is 11.8 Å². The SMILES string of the molecule is CCN(C)c1ccc2c(c1)Sc1cc(N(C)C)ccc1N2C(C)=O. The highest BCUT2D eigenvalue weighted by Crippen LogP contribution is 2.50. The van der Waals surface area contributed by atoms with Crippen molar-refractivity contribution in [3.63, 3.8) is 0 Å². The lowest BCUT2D eigenvalue weighted by atomic mass is 10.2. The van der Waals surface area contributed by atoms with Crippen LogP contribution in [0.4, 0.5) is 22.7 Å². The predicted octanol–water partition coefficient (Wildman–Crippen LogP) is 4.36. The molecule has 0 bridgehead atoms. The average Bonchev–Trinajstić information content (AvgIpc) is 2.57. The van der Waals surface area contributed by atoms with Gasteiger partial charge in [0.05, 0.1) is 11.4 Å². The largest absolute Gasteiger partial charge is 0.378 e. The number of amides is 1. The van der Waals surface area contributed by atoms with Crippen molar-refractivity contribution in [1.82, 2.24) is 0 Å². The minimum Gasteiger partial charge on any atom is -0.378 e. The van der Waals surface area contributed by atoms with E-state index < -0.39 is 0 Å². The highest BCUT2D eigenvalue weighted by Gasteiger charge is 2.27. The van der Waals surface area contributed by atoms with Crippen LogP contribution in [0.15, 0.2) is 46.2 Å². The van der Waals surface area contributed by atoms with Gasteiger partial charge in [-0.1, -0.05) is 11.8 Å². The number of benzene rings is 2. The monoisotopic (exact) mass is 341 g/mol. The Hall–Kier alpha value is -2.14. The first-order valence-corrected chi connectivity index (χ1v) is 8.89. The maximum atomic E-state index is 12.3. The van der Waals surface area contributed by atoms with Gasteiger partial charge in [0.25, 0.3) is 0 Å². The van der Waals surface area contributed by atoms with Gasteiger partial charge in [0, 0.05) is 55.8 Å². The maximum absolute atomic E-state index is 12.3. The van der Waals surface area contributed by atoms with Gasteiger partial charge >= 0.3 is 0 Å². The molecule has 5 heteroatoms. The Labute approximate surface area is 148 Å². The molecule has 1 amide bonds. The third kappa shape index (κ3) is 2.84. The van der Waals surface area contributed by atoms with Crippen LogP contribution in [0.2, 0.25) is 0 Å². The van der Waals surface area contributed by atoms with Gasteiger partial charge in [-0.05, 0) is 43.3 Å². The zero-order valence-corrected chi connectivity index (χ0v) is 15.6. The summed E-state index contributed by atoms with van der Waals surface area (Å²) in [7, 11) is 6.14. The smallest absolute Gasteiger partial charge is 0.228 e. The average molecular weight is 341 g/mol. The summed E-state index contributed by atoms with van der Waals surface area (Å²) in [4.78, 5) is 20.6. The molecule has 1 heterocycles. The Morgan fingerprint density at radius 2 is 1.54 bits per heavy atom. The van der Waals surface area contributed by atoms with Crippen LogP contribution in [-0.4, -0.2) is 33.6 Å². The van der Waals surface area contributed by atoms with Gasteiger partial charge in [0.15, 0.2) is 0 Å². The standard InChI is InChI=1S/C19H23N3OS/c1-6-21(5)15-8-10-17-19(12-15)24-18-11-14(20(3)4)7-9-16(18)22(17)13(2)23/h7-12H,6H2,1-5H3. The number of carbonyl (C=O) groups excluding carboxylic acids is 1. The summed E-state index contributed by atoms with van der Waals surface area (Å²) in [5.41, 5.74) is 4.22. The lowest BCUT2D eigenvalue weighted by Gasteiger charge is -2.32. The van der Waals surface area contributed by atoms with E-state index >= 15 is 0 Å². The van der Waals surface area contributed by atoms with Gasteiger partial charge in [-0.15, -0.1) is 0 Å². The van der Waals surface area contributed by atoms with Crippen molar-refractivity contribution in [3.8, 4) is 0 Å². The summed E-state index contributed by atoms with van der Waals surface area (Å²) in [5, 5.41) is 0. The number of hydrogen-bond acceptors (Lipinski definition) is 4. The van der Waals surface area contributed by atoms with Gasteiger partial charge in [-0.2, -0.15) is 0 Å². The molecule has 126 valence electrons. The highest BCUT2D eigenvalue weighted by atomic mass is 32.2. The highest BCUT2D eigenvalue weighted by molar-refractivity contribution is 7.99. The van der Waals surface area contributed by atoms with E-state index in [1.165, 1.54) is 5.69 Å². The molecular formula is C19H23N3OS. The molecular weight excluding hydrogens is 318 g/mol. The van der Waals surface area contributed by atoms with Gasteiger partial charge in [0.1, 0.15) is 0 Å². The normalized spacial score (nSPS) is 12.5. The summed E-state index contributed by atoms with van der Waals surface area (Å²) < 4.78 is 0. The minimum absolute atomic E-state index is 0.0343. The number of hydrogen-bond donors (Lipinski definition) is 0. The van der Waals surface area contributed by atoms with Crippen LogP contribution in [0.3, 0.4) is 0 Å². The van der Waals surface area contributed by atoms with Gasteiger partial charge in [-0.25, -0.2) is 0 Å². The second-order valence-corrected chi connectivity index (χ2v) is 7.25. The molecule has 0 aliphatic carbocycles. The molecule has 0 unspecified atom stereocenters. The van der Waals surface area contributed by atoms with Crippen LogP contribution in [-0.2, 0) is 4.79 Å². The maximum Gasteiger partial charge on any atom is 0.228 e. The predicted molar refractivity (Wildman–Crippen MR) is 103 cm³/mol. The first-order valence-electron chi connectivity index (χ1n) is 8.07. The van der Waals surface area contributed by atoms with Gasteiger partial charge in [-0.3, -0.25) is 9.69 Å². The Balaban J connectivity index is 2.12. The first-order chi connectivity index (χ1) is 11.4. The van der Waals surface area contributed by atoms with Crippen molar-refractivity contribution in [1.29, 1.82) is 0 Å². The number of nitrogens with zero attached hydrogens (tertiary/aromatic N) is 3. The molecule has 0 spiro atoms. The Morgan fingerprint density at radius 1 is 1.00 bits per heavy atom. The number of carbonyl (C=O) groups is 1. The fourth-order valence-electron chi connectivity index (χ4n) is 2.82. The van der Waals surface area contributed by atoms with E-state index in [4.69, 9.17) is 0 Å². The molecule has 2 aromatic rings. The molecule has 0 radical (unpaired) electrons. The summed E-state index contributed by atoms with van der Waals surface area (Å²) >= 11 is 1.73. The molecule has 0 saturated heterocycles. The molecule has 0 saturated carbocycles. The van der Waals surface area contributed by atoms with E-state index in [1.807, 2.05) is 31.1 Å². The van der Waals surface area contributed by atoms with E-state index in [9.17, 15) is 4.79 Å². The zero-order chi connectivity index (χ0) is 17.4. The van der Waals surface area contributed by atoms with E-state index in [-0.39, 0.29) is 5.91 Å². The molecule has 2 aromatic carbocycles. The van der Waals surface area contributed by atoms with Crippen molar-refractivity contribution >= 4 is 40.4 Å². The quantitative estimate of drug-likeness (QED) is 0.829. The van der Waals surface area contributed by atoms with E-state index in [2.05, 4.69) is 48.0 Å². The van der Waals surface area contributed by atoms with E-state index in [0.29, 0.717) is 0 Å². The molecule has 24 heavy (non-hydrogen) atoms. The molecule has 1 aliphatic rings. The van der Waals surface area contributed by atoms with E-state index in [1.54, 1.807) is 18.7 Å². The van der Waals surface area contributed by atoms with Crippen LogP contribution in [0.5, 0.6) is 0 Å². The van der Waals surface area contributed by atoms with Crippen molar-refractivity contribution in [2.45, 2.75) is 23.6 Å². The molecule has 0 fully saturated rings. The molecule has 0 atom stereocenters. The summed E-state index contributed by atoms with van der Waals surface area (Å²) in [6.07, 6.45) is 0. The fourth-order valence-corrected chi connectivity index (χ4v) is 3.95. The van der Waals surface area contributed by atoms with Gasteiger partial charge in [0.2, 0.25) is 5.91 Å². The van der Waals surface area contributed by atoms with Crippen LogP contribution in [0, 0.1) is 0 Å². The third-order valence-corrected chi connectivity index (χ3v) is 5.43. The van der Waals surface area contributed by atoms with E-state index in [0.717, 1.165) is 33.4 Å². The van der Waals surface area contributed by atoms with Crippen LogP contribution in [0.1, 0.15) is 13.8 Å². The molecule has 1 aliphatic heterocycles. The zero-order valence-electron chi connectivity index (χ0n) is 14.8. The summed E-state index contributed by atoms with van der Waals surface area (Å²) in [5.74, 6) is 0.0343. The molecule has 0 N–H and O–H groups in total. The molecule has 4 nitrogen and oxygen atoms in total. The van der Waals surface area contributed by atoms with Crippen LogP contribution < -0.4 is 14.7 Å². The minimum atomic E-state index is 0.0343. The van der Waals surface area contributed by atoms with Crippen molar-refractivity contribution in [3.05, 3.63) is 36.4 Å². The lowest BCUT2D eigenvalue weighted by molar-refractivity contribution is -0.115. The topological polar surface area (TPSA) is 26.8 Å². The van der Waals surface area contributed by atoms with Crippen molar-refractivity contribution in [2.75, 3.05) is 42.4 Å². The second-order valence-electron chi connectivity index (χ2n) is 6.17. The summed E-state index contributed by atoms with van der Waals surface area (Å²) in [6, 6.07) is 12.5. The number of fused-ring (bicyclic) bond motifs is 2. The van der Waals surface area contributed by atoms with Crippen molar-refractivity contribution in [2.24, 2.45) is 0 Å². The fraction of sp³-hybridized carbons (Fsp3) is 0.316. The molecule has 3 rings (SSSR count). The first kappa shape index (κ1) is 16.7. The number of anilines is 4. The molecule has 0 aromatic heterocycles. The number of rotatable bonds is 3. The third-order valence-electron chi connectivity index (χ3n) is 4.33. The Morgan fingerprint density at radius 3 is 2.04 bits per heavy atom. The summed E-state index contributed by atoms with van der Waals surface area (Å²) in [6.45, 7) is 4.70. The van der Waals surface area contributed by atoms with Crippen LogP contribution in [0.25, 0.3) is 0 Å².